The minimum Gasteiger partial charge on any atom is -0.391 e. The molecule has 4 heteroatoms. The van der Waals surface area contributed by atoms with Crippen molar-refractivity contribution in [1.29, 1.82) is 5.26 Å². The number of nitrogens with zero attached hydrogens (tertiary/aromatic N) is 2. The van der Waals surface area contributed by atoms with Gasteiger partial charge in [0.05, 0.1) is 17.7 Å². The molecule has 1 heterocycles. The van der Waals surface area contributed by atoms with Gasteiger partial charge in [-0.3, -0.25) is 4.79 Å². The molecule has 82 valence electrons. The van der Waals surface area contributed by atoms with Crippen molar-refractivity contribution >= 4 is 5.91 Å². The summed E-state index contributed by atoms with van der Waals surface area (Å²) in [6.07, 6.45) is 0.215. The number of aliphatic hydroxyl groups excluding tert-OH is 1. The number of nitriles is 1. The molecule has 1 amide bonds. The number of rotatable bonds is 1. The zero-order valence-electron chi connectivity index (χ0n) is 8.76. The number of likely N-dealkylation sites (tertiary alicyclic amines) is 1. The number of carbonyl (C=O) groups excluding carboxylic acids is 1. The third-order valence-electron chi connectivity index (χ3n) is 2.69. The van der Waals surface area contributed by atoms with Crippen LogP contribution in [0.1, 0.15) is 22.3 Å². The van der Waals surface area contributed by atoms with E-state index < -0.39 is 6.10 Å². The number of hydrogen-bond donors (Lipinski definition) is 1. The summed E-state index contributed by atoms with van der Waals surface area (Å²) < 4.78 is 0. The Bertz CT molecular complexity index is 451. The molecule has 1 N–H and O–H groups in total. The Kier molecular flexibility index (Phi) is 2.88. The summed E-state index contributed by atoms with van der Waals surface area (Å²) in [5, 5.41) is 18.1. The highest BCUT2D eigenvalue weighted by atomic mass is 16.3. The zero-order chi connectivity index (χ0) is 11.5. The van der Waals surface area contributed by atoms with E-state index in [1.807, 2.05) is 6.07 Å². The fourth-order valence-corrected chi connectivity index (χ4v) is 1.83. The number of amides is 1. The molecule has 0 aromatic heterocycles. The van der Waals surface area contributed by atoms with E-state index in [9.17, 15) is 9.90 Å². The van der Waals surface area contributed by atoms with Gasteiger partial charge in [-0.15, -0.1) is 0 Å². The molecular weight excluding hydrogens is 204 g/mol. The van der Waals surface area contributed by atoms with Crippen molar-refractivity contribution in [2.24, 2.45) is 0 Å². The van der Waals surface area contributed by atoms with Crippen molar-refractivity contribution in [1.82, 2.24) is 4.90 Å². The summed E-state index contributed by atoms with van der Waals surface area (Å²) in [6.45, 7) is 0.965. The minimum absolute atomic E-state index is 0.117. The van der Waals surface area contributed by atoms with Crippen LogP contribution < -0.4 is 0 Å². The van der Waals surface area contributed by atoms with Crippen molar-refractivity contribution in [3.63, 3.8) is 0 Å². The summed E-state index contributed by atoms with van der Waals surface area (Å²) in [6, 6.07) is 8.62. The monoisotopic (exact) mass is 216 g/mol. The lowest BCUT2D eigenvalue weighted by atomic mass is 10.1. The molecule has 1 fully saturated rings. The maximum atomic E-state index is 12.0. The van der Waals surface area contributed by atoms with E-state index in [2.05, 4.69) is 0 Å². The molecule has 4 nitrogen and oxygen atoms in total. The van der Waals surface area contributed by atoms with Gasteiger partial charge in [-0.05, 0) is 24.6 Å². The van der Waals surface area contributed by atoms with E-state index in [0.29, 0.717) is 30.6 Å². The first-order chi connectivity index (χ1) is 7.70. The third kappa shape index (κ3) is 2.05. The molecule has 1 aromatic rings. The van der Waals surface area contributed by atoms with Gasteiger partial charge in [0.1, 0.15) is 0 Å². The summed E-state index contributed by atoms with van der Waals surface area (Å²) in [7, 11) is 0. The highest BCUT2D eigenvalue weighted by Gasteiger charge is 2.25. The summed E-state index contributed by atoms with van der Waals surface area (Å²) in [5.74, 6) is -0.117. The molecule has 16 heavy (non-hydrogen) atoms. The van der Waals surface area contributed by atoms with Crippen LogP contribution in [0, 0.1) is 11.3 Å². The fraction of sp³-hybridized carbons (Fsp3) is 0.333. The first-order valence-electron chi connectivity index (χ1n) is 5.18. The first kappa shape index (κ1) is 10.7. The van der Waals surface area contributed by atoms with Crippen molar-refractivity contribution in [2.75, 3.05) is 13.1 Å². The number of carbonyl (C=O) groups is 1. The molecule has 0 saturated carbocycles. The van der Waals surface area contributed by atoms with Gasteiger partial charge in [0.25, 0.3) is 5.91 Å². The van der Waals surface area contributed by atoms with Crippen LogP contribution in [-0.4, -0.2) is 35.1 Å². The van der Waals surface area contributed by atoms with Gasteiger partial charge in [0, 0.05) is 18.7 Å². The molecule has 1 aliphatic rings. The zero-order valence-corrected chi connectivity index (χ0v) is 8.76. The summed E-state index contributed by atoms with van der Waals surface area (Å²) >= 11 is 0. The molecule has 1 aliphatic heterocycles. The van der Waals surface area contributed by atoms with Crippen LogP contribution in [-0.2, 0) is 0 Å². The number of β-amino-alcohol motifs (C(OH)–C–C–N with tert-alkyl or cyclic N) is 1. The smallest absolute Gasteiger partial charge is 0.253 e. The average molecular weight is 216 g/mol. The second-order valence-electron chi connectivity index (χ2n) is 3.89. The van der Waals surface area contributed by atoms with E-state index in [1.54, 1.807) is 29.2 Å². The van der Waals surface area contributed by atoms with E-state index in [1.165, 1.54) is 0 Å². The van der Waals surface area contributed by atoms with Crippen LogP contribution in [0.3, 0.4) is 0 Å². The standard InChI is InChI=1S/C12H12N2O2/c13-7-9-2-1-3-10(6-9)12(16)14-5-4-11(15)8-14/h1-3,6,11,15H,4-5,8H2. The van der Waals surface area contributed by atoms with Gasteiger partial charge in [-0.1, -0.05) is 6.07 Å². The van der Waals surface area contributed by atoms with Crippen LogP contribution >= 0.6 is 0 Å². The number of benzene rings is 1. The predicted octanol–water partition coefficient (Wildman–Crippen LogP) is 0.765. The van der Waals surface area contributed by atoms with Gasteiger partial charge >= 0.3 is 0 Å². The maximum Gasteiger partial charge on any atom is 0.253 e. The Balaban J connectivity index is 2.18. The molecule has 2 rings (SSSR count). The second kappa shape index (κ2) is 4.33. The molecule has 0 bridgehead atoms. The largest absolute Gasteiger partial charge is 0.391 e. The Hall–Kier alpha value is -1.86. The molecule has 1 unspecified atom stereocenters. The highest BCUT2D eigenvalue weighted by Crippen LogP contribution is 2.14. The fourth-order valence-electron chi connectivity index (χ4n) is 1.83. The molecular formula is C12H12N2O2. The quantitative estimate of drug-likeness (QED) is 0.754. The first-order valence-corrected chi connectivity index (χ1v) is 5.18. The molecule has 0 aliphatic carbocycles. The lowest BCUT2D eigenvalue weighted by molar-refractivity contribution is 0.0765. The molecule has 1 saturated heterocycles. The third-order valence-corrected chi connectivity index (χ3v) is 2.69. The van der Waals surface area contributed by atoms with Crippen LogP contribution in [0.15, 0.2) is 24.3 Å². The number of hydrogen-bond acceptors (Lipinski definition) is 3. The Morgan fingerprint density at radius 1 is 1.56 bits per heavy atom. The molecule has 0 radical (unpaired) electrons. The van der Waals surface area contributed by atoms with Crippen molar-refractivity contribution in [3.05, 3.63) is 35.4 Å². The maximum absolute atomic E-state index is 12.0. The van der Waals surface area contributed by atoms with Crippen molar-refractivity contribution in [2.45, 2.75) is 12.5 Å². The topological polar surface area (TPSA) is 64.3 Å². The SMILES string of the molecule is N#Cc1cccc(C(=O)N2CCC(O)C2)c1. The summed E-state index contributed by atoms with van der Waals surface area (Å²) in [5.41, 5.74) is 0.985. The number of aliphatic hydroxyl groups is 1. The van der Waals surface area contributed by atoms with E-state index in [-0.39, 0.29) is 5.91 Å². The van der Waals surface area contributed by atoms with E-state index in [4.69, 9.17) is 5.26 Å². The normalized spacial score (nSPS) is 19.5. The van der Waals surface area contributed by atoms with Gasteiger partial charge in [0.15, 0.2) is 0 Å². The summed E-state index contributed by atoms with van der Waals surface area (Å²) in [4.78, 5) is 13.6. The van der Waals surface area contributed by atoms with Crippen LogP contribution in [0.2, 0.25) is 0 Å². The van der Waals surface area contributed by atoms with Crippen LogP contribution in [0.4, 0.5) is 0 Å². The minimum atomic E-state index is -0.414. The highest BCUT2D eigenvalue weighted by molar-refractivity contribution is 5.94. The van der Waals surface area contributed by atoms with Crippen molar-refractivity contribution in [3.8, 4) is 6.07 Å². The molecule has 0 spiro atoms. The Morgan fingerprint density at radius 2 is 2.38 bits per heavy atom. The van der Waals surface area contributed by atoms with Gasteiger partial charge < -0.3 is 10.0 Å². The van der Waals surface area contributed by atoms with Crippen molar-refractivity contribution < 1.29 is 9.90 Å². The average Bonchev–Trinajstić information content (AvgIpc) is 2.75. The van der Waals surface area contributed by atoms with E-state index in [0.717, 1.165) is 0 Å². The van der Waals surface area contributed by atoms with Crippen LogP contribution in [0.5, 0.6) is 0 Å². The Labute approximate surface area is 93.7 Å². The molecule has 1 aromatic carbocycles. The lowest BCUT2D eigenvalue weighted by Gasteiger charge is -2.15. The van der Waals surface area contributed by atoms with Gasteiger partial charge in [0.2, 0.25) is 0 Å². The lowest BCUT2D eigenvalue weighted by Crippen LogP contribution is -2.29. The van der Waals surface area contributed by atoms with E-state index >= 15 is 0 Å². The van der Waals surface area contributed by atoms with Gasteiger partial charge in [-0.25, -0.2) is 0 Å². The van der Waals surface area contributed by atoms with Crippen LogP contribution in [0.25, 0.3) is 0 Å². The Morgan fingerprint density at radius 3 is 3.00 bits per heavy atom. The second-order valence-corrected chi connectivity index (χ2v) is 3.89. The molecule has 1 atom stereocenters. The van der Waals surface area contributed by atoms with Gasteiger partial charge in [-0.2, -0.15) is 5.26 Å². The predicted molar refractivity (Wildman–Crippen MR) is 57.7 cm³/mol.